The maximum Gasteiger partial charge on any atom is 0.335 e. The fourth-order valence-corrected chi connectivity index (χ4v) is 4.75. The molecular weight excluding hydrogens is 460 g/mol. The van der Waals surface area contributed by atoms with E-state index in [1.165, 1.54) is 17.4 Å². The van der Waals surface area contributed by atoms with Gasteiger partial charge >= 0.3 is 5.97 Å². The fourth-order valence-electron chi connectivity index (χ4n) is 3.95. The number of piperazine rings is 1. The summed E-state index contributed by atoms with van der Waals surface area (Å²) in [4.78, 5) is 25.7. The number of rotatable bonds is 7. The van der Waals surface area contributed by atoms with Gasteiger partial charge in [0.05, 0.1) is 18.4 Å². The lowest BCUT2D eigenvalue weighted by molar-refractivity contribution is 0.0696. The summed E-state index contributed by atoms with van der Waals surface area (Å²) >= 11 is 1.54. The number of ether oxygens (including phenoxy) is 1. The predicted molar refractivity (Wildman–Crippen MR) is 141 cm³/mol. The van der Waals surface area contributed by atoms with Crippen LogP contribution in [0.2, 0.25) is 0 Å². The van der Waals surface area contributed by atoms with Crippen LogP contribution in [-0.4, -0.2) is 54.3 Å². The number of benzene rings is 2. The third-order valence-electron chi connectivity index (χ3n) is 6.04. The molecule has 0 aliphatic carbocycles. The SMILES string of the molecule is COc1ccc(N2CCN(c3cc(C(C)(C)C)nc(SCc4cccc(C(=O)O)c4)n3)CC2)cc1. The summed E-state index contributed by atoms with van der Waals surface area (Å²) in [6.45, 7) is 10.0. The number of anilines is 2. The molecule has 3 aromatic rings. The maximum absolute atomic E-state index is 11.3. The van der Waals surface area contributed by atoms with Gasteiger partial charge in [0.2, 0.25) is 0 Å². The largest absolute Gasteiger partial charge is 0.497 e. The van der Waals surface area contributed by atoms with Crippen LogP contribution in [0, 0.1) is 0 Å². The summed E-state index contributed by atoms with van der Waals surface area (Å²) in [5.74, 6) is 1.50. The molecule has 0 radical (unpaired) electrons. The van der Waals surface area contributed by atoms with Crippen molar-refractivity contribution in [2.45, 2.75) is 37.1 Å². The molecule has 1 aliphatic heterocycles. The first kappa shape index (κ1) is 24.9. The van der Waals surface area contributed by atoms with Gasteiger partial charge in [-0.25, -0.2) is 14.8 Å². The van der Waals surface area contributed by atoms with Crippen molar-refractivity contribution in [3.05, 3.63) is 71.4 Å². The molecule has 0 saturated carbocycles. The Balaban J connectivity index is 1.49. The van der Waals surface area contributed by atoms with E-state index in [4.69, 9.17) is 14.7 Å². The van der Waals surface area contributed by atoms with E-state index in [9.17, 15) is 9.90 Å². The lowest BCUT2D eigenvalue weighted by atomic mass is 9.92. The van der Waals surface area contributed by atoms with Crippen molar-refractivity contribution in [1.29, 1.82) is 0 Å². The van der Waals surface area contributed by atoms with Crippen LogP contribution in [0.4, 0.5) is 11.5 Å². The minimum absolute atomic E-state index is 0.110. The van der Waals surface area contributed by atoms with E-state index in [0.717, 1.165) is 49.0 Å². The van der Waals surface area contributed by atoms with Gasteiger partial charge in [-0.1, -0.05) is 44.7 Å². The van der Waals surface area contributed by atoms with Crippen LogP contribution in [0.3, 0.4) is 0 Å². The molecular formula is C27H32N4O3S. The van der Waals surface area contributed by atoms with Crippen molar-refractivity contribution in [2.75, 3.05) is 43.1 Å². The van der Waals surface area contributed by atoms with Gasteiger partial charge in [-0.3, -0.25) is 0 Å². The molecule has 2 heterocycles. The summed E-state index contributed by atoms with van der Waals surface area (Å²) < 4.78 is 5.28. The molecule has 8 heteroatoms. The first-order valence-electron chi connectivity index (χ1n) is 11.7. The number of hydrogen-bond donors (Lipinski definition) is 1. The van der Waals surface area contributed by atoms with Crippen molar-refractivity contribution in [2.24, 2.45) is 0 Å². The van der Waals surface area contributed by atoms with Crippen molar-refractivity contribution in [1.82, 2.24) is 9.97 Å². The quantitative estimate of drug-likeness (QED) is 0.361. The molecule has 1 N–H and O–H groups in total. The number of carboxylic acid groups (broad SMARTS) is 1. The summed E-state index contributed by atoms with van der Waals surface area (Å²) in [5.41, 5.74) is 3.32. The highest BCUT2D eigenvalue weighted by Gasteiger charge is 2.23. The van der Waals surface area contributed by atoms with Gasteiger partial charge in [0.1, 0.15) is 11.6 Å². The van der Waals surface area contributed by atoms with Gasteiger partial charge < -0.3 is 19.6 Å². The van der Waals surface area contributed by atoms with Crippen molar-refractivity contribution < 1.29 is 14.6 Å². The van der Waals surface area contributed by atoms with Gasteiger partial charge in [-0.15, -0.1) is 0 Å². The Kier molecular flexibility index (Phi) is 7.50. The normalized spacial score (nSPS) is 14.2. The van der Waals surface area contributed by atoms with E-state index in [0.29, 0.717) is 16.5 Å². The number of methoxy groups -OCH3 is 1. The average molecular weight is 493 g/mol. The van der Waals surface area contributed by atoms with Crippen LogP contribution in [-0.2, 0) is 11.2 Å². The molecule has 1 fully saturated rings. The standard InChI is InChI=1S/C27H32N4O3S/c1-27(2,3)23-17-24(29-26(28-23)35-18-19-6-5-7-20(16-19)25(32)33)31-14-12-30(13-15-31)21-8-10-22(34-4)11-9-21/h5-11,16-17H,12-15,18H2,1-4H3,(H,32,33). The number of hydrogen-bond acceptors (Lipinski definition) is 7. The molecule has 1 saturated heterocycles. The van der Waals surface area contributed by atoms with Gasteiger partial charge in [0.15, 0.2) is 5.16 Å². The average Bonchev–Trinajstić information content (AvgIpc) is 2.87. The molecule has 0 unspecified atom stereocenters. The summed E-state index contributed by atoms with van der Waals surface area (Å²) in [6.07, 6.45) is 0. The number of thioether (sulfide) groups is 1. The molecule has 35 heavy (non-hydrogen) atoms. The monoisotopic (exact) mass is 492 g/mol. The highest BCUT2D eigenvalue weighted by Crippen LogP contribution is 2.29. The fraction of sp³-hybridized carbons (Fsp3) is 0.370. The van der Waals surface area contributed by atoms with Gasteiger partial charge in [-0.05, 0) is 42.0 Å². The highest BCUT2D eigenvalue weighted by molar-refractivity contribution is 7.98. The van der Waals surface area contributed by atoms with Crippen LogP contribution >= 0.6 is 11.8 Å². The third-order valence-corrected chi connectivity index (χ3v) is 6.96. The van der Waals surface area contributed by atoms with E-state index in [1.807, 2.05) is 18.2 Å². The van der Waals surface area contributed by atoms with Crippen LogP contribution in [0.25, 0.3) is 0 Å². The molecule has 2 aromatic carbocycles. The van der Waals surface area contributed by atoms with Gasteiger partial charge in [0.25, 0.3) is 0 Å². The lowest BCUT2D eigenvalue weighted by Gasteiger charge is -2.37. The zero-order valence-corrected chi connectivity index (χ0v) is 21.5. The van der Waals surface area contributed by atoms with Crippen molar-refractivity contribution >= 4 is 29.2 Å². The van der Waals surface area contributed by atoms with Crippen LogP contribution in [0.15, 0.2) is 59.8 Å². The molecule has 7 nitrogen and oxygen atoms in total. The molecule has 1 aromatic heterocycles. The number of carbonyl (C=O) groups is 1. The van der Waals surface area contributed by atoms with E-state index in [-0.39, 0.29) is 5.41 Å². The molecule has 0 atom stereocenters. The van der Waals surface area contributed by atoms with E-state index in [1.54, 1.807) is 25.3 Å². The Morgan fingerprint density at radius 3 is 2.31 bits per heavy atom. The molecule has 0 amide bonds. The third kappa shape index (κ3) is 6.25. The predicted octanol–water partition coefficient (Wildman–Crippen LogP) is 5.10. The lowest BCUT2D eigenvalue weighted by Crippen LogP contribution is -2.47. The van der Waals surface area contributed by atoms with Gasteiger partial charge in [0, 0.05) is 49.1 Å². The smallest absolute Gasteiger partial charge is 0.335 e. The summed E-state index contributed by atoms with van der Waals surface area (Å²) in [5, 5.41) is 9.98. The Labute approximate surface area is 211 Å². The minimum atomic E-state index is -0.918. The summed E-state index contributed by atoms with van der Waals surface area (Å²) in [7, 11) is 1.68. The first-order valence-corrected chi connectivity index (χ1v) is 12.7. The molecule has 1 aliphatic rings. The van der Waals surface area contributed by atoms with E-state index in [2.05, 4.69) is 48.8 Å². The Morgan fingerprint density at radius 2 is 1.69 bits per heavy atom. The number of carboxylic acids is 1. The second-order valence-corrected chi connectivity index (χ2v) is 10.6. The van der Waals surface area contributed by atoms with Crippen molar-refractivity contribution in [3.8, 4) is 5.75 Å². The second kappa shape index (κ2) is 10.6. The Bertz CT molecular complexity index is 1170. The molecule has 0 bridgehead atoms. The van der Waals surface area contributed by atoms with Gasteiger partial charge in [-0.2, -0.15) is 0 Å². The zero-order valence-electron chi connectivity index (χ0n) is 20.7. The number of aromatic nitrogens is 2. The molecule has 184 valence electrons. The van der Waals surface area contributed by atoms with Crippen molar-refractivity contribution in [3.63, 3.8) is 0 Å². The molecule has 0 spiro atoms. The first-order chi connectivity index (χ1) is 16.7. The van der Waals surface area contributed by atoms with Crippen LogP contribution in [0.5, 0.6) is 5.75 Å². The number of nitrogens with zero attached hydrogens (tertiary/aromatic N) is 4. The topological polar surface area (TPSA) is 78.8 Å². The van der Waals surface area contributed by atoms with Crippen LogP contribution < -0.4 is 14.5 Å². The maximum atomic E-state index is 11.3. The highest BCUT2D eigenvalue weighted by atomic mass is 32.2. The minimum Gasteiger partial charge on any atom is -0.497 e. The number of aromatic carboxylic acids is 1. The van der Waals surface area contributed by atoms with E-state index >= 15 is 0 Å². The Hall–Kier alpha value is -3.26. The second-order valence-electron chi connectivity index (χ2n) is 9.61. The zero-order chi connectivity index (χ0) is 25.0. The van der Waals surface area contributed by atoms with E-state index < -0.39 is 5.97 Å². The Morgan fingerprint density at radius 1 is 1.00 bits per heavy atom. The van der Waals surface area contributed by atoms with Crippen LogP contribution in [0.1, 0.15) is 42.4 Å². The summed E-state index contributed by atoms with van der Waals surface area (Å²) in [6, 6.07) is 17.3. The molecule has 4 rings (SSSR count).